The van der Waals surface area contributed by atoms with E-state index in [2.05, 4.69) is 60.8 Å². The van der Waals surface area contributed by atoms with E-state index in [0.29, 0.717) is 13.1 Å². The maximum Gasteiger partial charge on any atom is 0.0929 e. The minimum Gasteiger partial charge on any atom is -0.387 e. The van der Waals surface area contributed by atoms with Crippen LogP contribution in [0.1, 0.15) is 24.0 Å². The van der Waals surface area contributed by atoms with Crippen LogP contribution in [0.5, 0.6) is 0 Å². The Kier molecular flexibility index (Phi) is 3.60. The highest BCUT2D eigenvalue weighted by Gasteiger charge is 2.44. The SMILES string of the molecule is CC(C(c1ccccc1)c1ccccc1)C1(O)CNC1. The van der Waals surface area contributed by atoms with Gasteiger partial charge in [-0.25, -0.2) is 0 Å². The maximum absolute atomic E-state index is 10.7. The van der Waals surface area contributed by atoms with Crippen molar-refractivity contribution in [3.63, 3.8) is 0 Å². The number of β-amino-alcohol motifs (C(OH)–C–C–N with tert-alkyl or cyclic N) is 1. The second-order valence-electron chi connectivity index (χ2n) is 5.79. The molecule has 1 unspecified atom stereocenters. The minimum absolute atomic E-state index is 0.175. The first kappa shape index (κ1) is 13.3. The van der Waals surface area contributed by atoms with E-state index in [4.69, 9.17) is 0 Å². The molecule has 104 valence electrons. The number of hydrogen-bond donors (Lipinski definition) is 2. The van der Waals surface area contributed by atoms with Crippen molar-refractivity contribution in [2.24, 2.45) is 5.92 Å². The molecule has 2 nitrogen and oxygen atoms in total. The molecule has 2 aromatic rings. The Morgan fingerprint density at radius 2 is 1.35 bits per heavy atom. The quantitative estimate of drug-likeness (QED) is 0.893. The molecule has 1 saturated heterocycles. The molecule has 2 heteroatoms. The first-order valence-corrected chi connectivity index (χ1v) is 7.24. The van der Waals surface area contributed by atoms with Gasteiger partial charge in [0.05, 0.1) is 5.60 Å². The molecule has 0 radical (unpaired) electrons. The lowest BCUT2D eigenvalue weighted by Crippen LogP contribution is -2.64. The molecular formula is C18H21NO. The van der Waals surface area contributed by atoms with Gasteiger partial charge >= 0.3 is 0 Å². The Labute approximate surface area is 120 Å². The fourth-order valence-electron chi connectivity index (χ4n) is 3.10. The smallest absolute Gasteiger partial charge is 0.0929 e. The summed E-state index contributed by atoms with van der Waals surface area (Å²) in [6, 6.07) is 21.0. The normalized spacial score (nSPS) is 18.6. The molecule has 0 amide bonds. The fourth-order valence-corrected chi connectivity index (χ4v) is 3.10. The third kappa shape index (κ3) is 2.37. The van der Waals surface area contributed by atoms with E-state index in [-0.39, 0.29) is 11.8 Å². The van der Waals surface area contributed by atoms with E-state index in [1.807, 2.05) is 12.1 Å². The molecule has 1 atom stereocenters. The van der Waals surface area contributed by atoms with Gasteiger partial charge in [-0.1, -0.05) is 67.6 Å². The van der Waals surface area contributed by atoms with Gasteiger partial charge in [0.25, 0.3) is 0 Å². The Morgan fingerprint density at radius 1 is 0.900 bits per heavy atom. The Morgan fingerprint density at radius 3 is 1.70 bits per heavy atom. The molecule has 0 aliphatic carbocycles. The molecule has 20 heavy (non-hydrogen) atoms. The summed E-state index contributed by atoms with van der Waals surface area (Å²) in [7, 11) is 0. The standard InChI is InChI=1S/C18H21NO/c1-14(18(20)12-19-13-18)17(15-8-4-2-5-9-15)16-10-6-3-7-11-16/h2-11,14,17,19-20H,12-13H2,1H3. The van der Waals surface area contributed by atoms with Gasteiger partial charge in [0.1, 0.15) is 0 Å². The van der Waals surface area contributed by atoms with Gasteiger partial charge in [0, 0.05) is 19.0 Å². The van der Waals surface area contributed by atoms with Crippen molar-refractivity contribution in [1.29, 1.82) is 0 Å². The predicted octanol–water partition coefficient (Wildman–Crippen LogP) is 2.79. The molecule has 0 bridgehead atoms. The van der Waals surface area contributed by atoms with Gasteiger partial charge in [-0.05, 0) is 17.0 Å². The second kappa shape index (κ2) is 5.39. The summed E-state index contributed by atoms with van der Waals surface area (Å²) in [6.07, 6.45) is 0. The van der Waals surface area contributed by atoms with Crippen LogP contribution < -0.4 is 5.32 Å². The number of aliphatic hydroxyl groups is 1. The lowest BCUT2D eigenvalue weighted by Gasteiger charge is -2.46. The van der Waals surface area contributed by atoms with Crippen molar-refractivity contribution in [1.82, 2.24) is 5.32 Å². The van der Waals surface area contributed by atoms with Crippen LogP contribution in [0.25, 0.3) is 0 Å². The average Bonchev–Trinajstić information content (AvgIpc) is 2.47. The van der Waals surface area contributed by atoms with Crippen molar-refractivity contribution in [2.75, 3.05) is 13.1 Å². The van der Waals surface area contributed by atoms with Crippen LogP contribution in [0, 0.1) is 5.92 Å². The second-order valence-corrected chi connectivity index (χ2v) is 5.79. The summed E-state index contributed by atoms with van der Waals surface area (Å²) in [6.45, 7) is 3.53. The zero-order chi connectivity index (χ0) is 14.0. The van der Waals surface area contributed by atoms with Crippen LogP contribution in [0.2, 0.25) is 0 Å². The van der Waals surface area contributed by atoms with Crippen molar-refractivity contribution >= 4 is 0 Å². The van der Waals surface area contributed by atoms with E-state index < -0.39 is 5.60 Å². The molecule has 1 heterocycles. The first-order valence-electron chi connectivity index (χ1n) is 7.24. The van der Waals surface area contributed by atoms with Gasteiger partial charge in [0.15, 0.2) is 0 Å². The van der Waals surface area contributed by atoms with Crippen LogP contribution in [0.15, 0.2) is 60.7 Å². The molecule has 2 N–H and O–H groups in total. The third-order valence-corrected chi connectivity index (χ3v) is 4.53. The fraction of sp³-hybridized carbons (Fsp3) is 0.333. The number of rotatable bonds is 4. The van der Waals surface area contributed by atoms with Crippen molar-refractivity contribution in [3.05, 3.63) is 71.8 Å². The molecule has 3 rings (SSSR count). The maximum atomic E-state index is 10.7. The molecule has 2 aromatic carbocycles. The topological polar surface area (TPSA) is 32.3 Å². The number of hydrogen-bond acceptors (Lipinski definition) is 2. The minimum atomic E-state index is -0.601. The summed E-state index contributed by atoms with van der Waals surface area (Å²) in [5, 5.41) is 13.9. The van der Waals surface area contributed by atoms with E-state index in [0.717, 1.165) is 0 Å². The lowest BCUT2D eigenvalue weighted by atomic mass is 9.70. The summed E-state index contributed by atoms with van der Waals surface area (Å²) in [4.78, 5) is 0. The van der Waals surface area contributed by atoms with E-state index >= 15 is 0 Å². The average molecular weight is 267 g/mol. The highest BCUT2D eigenvalue weighted by atomic mass is 16.3. The number of nitrogens with one attached hydrogen (secondary N) is 1. The largest absolute Gasteiger partial charge is 0.387 e. The monoisotopic (exact) mass is 267 g/mol. The highest BCUT2D eigenvalue weighted by Crippen LogP contribution is 2.39. The zero-order valence-corrected chi connectivity index (χ0v) is 11.8. The van der Waals surface area contributed by atoms with Gasteiger partial charge in [-0.15, -0.1) is 0 Å². The van der Waals surface area contributed by atoms with Crippen molar-refractivity contribution in [3.8, 4) is 0 Å². The van der Waals surface area contributed by atoms with Gasteiger partial charge in [0.2, 0.25) is 0 Å². The molecule has 0 aromatic heterocycles. The first-order chi connectivity index (χ1) is 9.71. The van der Waals surface area contributed by atoms with Crippen LogP contribution in [0.4, 0.5) is 0 Å². The van der Waals surface area contributed by atoms with E-state index in [1.54, 1.807) is 0 Å². The van der Waals surface area contributed by atoms with Gasteiger partial charge in [-0.2, -0.15) is 0 Å². The Bertz CT molecular complexity index is 509. The van der Waals surface area contributed by atoms with Crippen LogP contribution in [-0.4, -0.2) is 23.8 Å². The van der Waals surface area contributed by atoms with Gasteiger partial charge in [-0.3, -0.25) is 0 Å². The predicted molar refractivity (Wildman–Crippen MR) is 81.7 cm³/mol. The molecule has 1 aliphatic rings. The van der Waals surface area contributed by atoms with Crippen molar-refractivity contribution < 1.29 is 5.11 Å². The van der Waals surface area contributed by atoms with Gasteiger partial charge < -0.3 is 10.4 Å². The summed E-state index contributed by atoms with van der Waals surface area (Å²) in [5.74, 6) is 0.401. The van der Waals surface area contributed by atoms with Crippen LogP contribution >= 0.6 is 0 Å². The summed E-state index contributed by atoms with van der Waals surface area (Å²) < 4.78 is 0. The molecule has 1 fully saturated rings. The van der Waals surface area contributed by atoms with E-state index in [1.165, 1.54) is 11.1 Å². The molecular weight excluding hydrogens is 246 g/mol. The molecule has 1 aliphatic heterocycles. The highest BCUT2D eigenvalue weighted by molar-refractivity contribution is 5.34. The summed E-state index contributed by atoms with van der Waals surface area (Å²) in [5.41, 5.74) is 1.94. The molecule has 0 spiro atoms. The lowest BCUT2D eigenvalue weighted by molar-refractivity contribution is -0.0606. The Balaban J connectivity index is 2.00. The van der Waals surface area contributed by atoms with Crippen molar-refractivity contribution in [2.45, 2.75) is 18.4 Å². The van der Waals surface area contributed by atoms with E-state index in [9.17, 15) is 5.11 Å². The number of benzene rings is 2. The Hall–Kier alpha value is -1.64. The molecule has 0 saturated carbocycles. The van der Waals surface area contributed by atoms with Crippen LogP contribution in [0.3, 0.4) is 0 Å². The van der Waals surface area contributed by atoms with Crippen LogP contribution in [-0.2, 0) is 0 Å². The zero-order valence-electron chi connectivity index (χ0n) is 11.8. The summed E-state index contributed by atoms with van der Waals surface area (Å²) >= 11 is 0. The third-order valence-electron chi connectivity index (χ3n) is 4.53.